The van der Waals surface area contributed by atoms with Crippen LogP contribution in [0.5, 0.6) is 0 Å². The molecule has 0 aromatic carbocycles. The van der Waals surface area contributed by atoms with Crippen LogP contribution in [0, 0.1) is 0 Å². The number of nitrogens with two attached hydrogens (primary N) is 2. The van der Waals surface area contributed by atoms with E-state index in [9.17, 15) is 15.0 Å². The number of hydrogen-bond acceptors (Lipinski definition) is 9. The number of anilines is 1. The predicted molar refractivity (Wildman–Crippen MR) is 113 cm³/mol. The third-order valence-corrected chi connectivity index (χ3v) is 6.37. The van der Waals surface area contributed by atoms with Crippen molar-refractivity contribution in [2.45, 2.75) is 37.0 Å². The van der Waals surface area contributed by atoms with Gasteiger partial charge in [-0.05, 0) is 10.9 Å². The summed E-state index contributed by atoms with van der Waals surface area (Å²) >= 11 is 0. The average Bonchev–Trinajstić information content (AvgIpc) is 3.17. The molecule has 7 N–H and O–H groups in total. The normalized spacial score (nSPS) is 24.9. The number of fused-ring (bicyclic) bond motifs is 1. The zero-order valence-electron chi connectivity index (χ0n) is 15.9. The molecule has 172 valence electrons. The van der Waals surface area contributed by atoms with Crippen LogP contribution in [0.15, 0.2) is 12.7 Å². The Morgan fingerprint density at radius 1 is 1.30 bits per heavy atom. The summed E-state index contributed by atoms with van der Waals surface area (Å²) in [5.74, 6) is 0.254. The number of aliphatic hydroxyl groups excluding tert-OH is 2. The van der Waals surface area contributed by atoms with E-state index in [4.69, 9.17) is 21.3 Å². The summed E-state index contributed by atoms with van der Waals surface area (Å²) in [6.45, 7) is 0. The number of hydrogen-bond donors (Lipinski definition) is 5. The van der Waals surface area contributed by atoms with Crippen molar-refractivity contribution in [2.24, 2.45) is 5.73 Å². The fourth-order valence-corrected chi connectivity index (χ4v) is 4.63. The van der Waals surface area contributed by atoms with Crippen LogP contribution in [0.1, 0.15) is 12.6 Å². The molecule has 0 spiro atoms. The number of nitrogens with zero attached hydrogens (tertiary/aromatic N) is 4. The van der Waals surface area contributed by atoms with Gasteiger partial charge in [0.15, 0.2) is 17.7 Å². The lowest BCUT2D eigenvalue weighted by atomic mass is 10.1. The van der Waals surface area contributed by atoms with Gasteiger partial charge in [-0.25, -0.2) is 15.0 Å². The minimum absolute atomic E-state index is 0. The lowest BCUT2D eigenvalue weighted by Gasteiger charge is -2.16. The third-order valence-electron chi connectivity index (χ3n) is 4.54. The van der Waals surface area contributed by atoms with E-state index < -0.39 is 36.6 Å². The lowest BCUT2D eigenvalue weighted by molar-refractivity contribution is -0.138. The second-order valence-corrected chi connectivity index (χ2v) is 8.82. The second kappa shape index (κ2) is 12.1. The highest BCUT2D eigenvalue weighted by Crippen LogP contribution is 2.32. The van der Waals surface area contributed by atoms with E-state index in [0.29, 0.717) is 29.1 Å². The van der Waals surface area contributed by atoms with Gasteiger partial charge in [0.05, 0.1) is 12.6 Å². The summed E-state index contributed by atoms with van der Waals surface area (Å²) in [6, 6.07) is -0.907. The Bertz CT molecular complexity index is 833. The van der Waals surface area contributed by atoms with Crippen LogP contribution in [0.4, 0.5) is 5.82 Å². The van der Waals surface area contributed by atoms with Crippen molar-refractivity contribution in [3.8, 4) is 0 Å². The van der Waals surface area contributed by atoms with Crippen LogP contribution in [0.3, 0.4) is 0 Å². The number of carboxylic acids is 1. The third kappa shape index (κ3) is 5.98. The van der Waals surface area contributed by atoms with Gasteiger partial charge in [0.25, 0.3) is 0 Å². The molecule has 0 aliphatic carbocycles. The molecule has 0 amide bonds. The maximum Gasteiger partial charge on any atom is 0.320 e. The highest BCUT2D eigenvalue weighted by molar-refractivity contribution is 7.96. The number of carboxylic acid groups (broad SMARTS) is 1. The largest absolute Gasteiger partial charge is 1.00 e. The smallest absolute Gasteiger partial charge is 0.320 e. The van der Waals surface area contributed by atoms with Gasteiger partial charge in [-0.1, -0.05) is 0 Å². The first-order valence-corrected chi connectivity index (χ1v) is 10.3. The van der Waals surface area contributed by atoms with E-state index in [0.717, 1.165) is 0 Å². The van der Waals surface area contributed by atoms with Crippen LogP contribution in [0.25, 0.3) is 11.2 Å². The fraction of sp³-hybridized carbons (Fsp3) is 0.600. The quantitative estimate of drug-likeness (QED) is 0.231. The Kier molecular flexibility index (Phi) is 11.6. The molecule has 1 aliphatic heterocycles. The number of nitrogen functional groups attached to an aromatic ring is 1. The number of ether oxygens (including phenoxy) is 1. The second-order valence-electron chi connectivity index (χ2n) is 6.51. The molecule has 0 saturated carbocycles. The fourth-order valence-electron chi connectivity index (χ4n) is 2.97. The molecule has 15 heteroatoms. The molecule has 3 heterocycles. The highest BCUT2D eigenvalue weighted by atomic mass is 35.5. The topological polar surface area (TPSA) is 183 Å². The van der Waals surface area contributed by atoms with Gasteiger partial charge in [0.2, 0.25) is 0 Å². The molecule has 2 unspecified atom stereocenters. The predicted octanol–water partition coefficient (Wildman–Crippen LogP) is -4.07. The molecule has 30 heavy (non-hydrogen) atoms. The Balaban J connectivity index is 0.00000280. The zero-order chi connectivity index (χ0) is 19.7. The Morgan fingerprint density at radius 2 is 1.97 bits per heavy atom. The van der Waals surface area contributed by atoms with Gasteiger partial charge in [-0.2, -0.15) is 0 Å². The van der Waals surface area contributed by atoms with Gasteiger partial charge in [-0.15, -0.1) is 24.8 Å². The number of imidazole rings is 1. The molecule has 0 radical (unpaired) electrons. The highest BCUT2D eigenvalue weighted by Gasteiger charge is 2.46. The maximum atomic E-state index is 10.8. The van der Waals surface area contributed by atoms with Crippen LogP contribution in [0.2, 0.25) is 0 Å². The first-order valence-electron chi connectivity index (χ1n) is 8.31. The minimum atomic E-state index is -1.16. The van der Waals surface area contributed by atoms with Crippen LogP contribution >= 0.6 is 24.8 Å². The van der Waals surface area contributed by atoms with Crippen molar-refractivity contribution in [3.63, 3.8) is 0 Å². The molecule has 1 fully saturated rings. The SMILES string of the molecule is C[S+](CCC(N)C(=O)O)C[C@H]1O[C@@H](n2cnc3c(N)ncnc32)[C@H](O)[C@H]1O.Cl.Cl.[Cl-]. The van der Waals surface area contributed by atoms with Crippen molar-refractivity contribution < 1.29 is 37.3 Å². The maximum absolute atomic E-state index is 10.8. The lowest BCUT2D eigenvalue weighted by Crippen LogP contribution is -3.00. The van der Waals surface area contributed by atoms with E-state index in [2.05, 4.69) is 15.0 Å². The van der Waals surface area contributed by atoms with Crippen molar-refractivity contribution in [1.82, 2.24) is 19.5 Å². The van der Waals surface area contributed by atoms with Gasteiger partial charge >= 0.3 is 5.97 Å². The van der Waals surface area contributed by atoms with Gasteiger partial charge in [-0.3, -0.25) is 9.36 Å². The van der Waals surface area contributed by atoms with Gasteiger partial charge < -0.3 is 43.9 Å². The Labute approximate surface area is 194 Å². The van der Waals surface area contributed by atoms with E-state index in [1.165, 1.54) is 17.2 Å². The molecular formula is C15H25Cl3N6O5S. The summed E-state index contributed by atoms with van der Waals surface area (Å²) in [5, 5.41) is 29.7. The van der Waals surface area contributed by atoms with Crippen molar-refractivity contribution in [3.05, 3.63) is 12.7 Å². The summed E-state index contributed by atoms with van der Waals surface area (Å²) in [6.07, 6.45) is 1.31. The minimum Gasteiger partial charge on any atom is -1.00 e. The first-order chi connectivity index (χ1) is 12.8. The summed E-state index contributed by atoms with van der Waals surface area (Å²) in [5.41, 5.74) is 12.1. The van der Waals surface area contributed by atoms with Crippen molar-refractivity contribution in [1.29, 1.82) is 0 Å². The molecule has 2 aromatic heterocycles. The van der Waals surface area contributed by atoms with E-state index in [1.54, 1.807) is 0 Å². The van der Waals surface area contributed by atoms with Gasteiger partial charge in [0, 0.05) is 6.42 Å². The van der Waals surface area contributed by atoms with Crippen molar-refractivity contribution in [2.75, 3.05) is 23.5 Å². The van der Waals surface area contributed by atoms with Gasteiger partial charge in [0.1, 0.15) is 47.7 Å². The van der Waals surface area contributed by atoms with Crippen LogP contribution in [-0.2, 0) is 20.4 Å². The van der Waals surface area contributed by atoms with E-state index in [1.807, 2.05) is 6.26 Å². The van der Waals surface area contributed by atoms with Crippen LogP contribution < -0.4 is 23.9 Å². The van der Waals surface area contributed by atoms with Crippen molar-refractivity contribution >= 4 is 58.7 Å². The summed E-state index contributed by atoms with van der Waals surface area (Å²) in [4.78, 5) is 23.0. The molecule has 0 bridgehead atoms. The standard InChI is InChI=1S/C15H22N6O5S.3ClH/c1-27(3-2-7(16)15(24)25)4-8-10(22)11(23)14(26-8)21-6-20-9-12(17)18-5-19-13(9)21;;;/h5-8,10-11,14,22-23H,2-4,16H2,1H3,(H2-,17,18,19,24,25);3*1H/t7?,8-,10+,11-,14-,27?;;;/m1.../s1. The number of aliphatic carboxylic acids is 1. The number of aliphatic hydroxyl groups is 2. The molecule has 3 rings (SSSR count). The first kappa shape index (κ1) is 28.9. The van der Waals surface area contributed by atoms with E-state index >= 15 is 0 Å². The van der Waals surface area contributed by atoms with Crippen LogP contribution in [-0.4, -0.2) is 82.9 Å². The number of aromatic nitrogens is 4. The Morgan fingerprint density at radius 3 is 2.60 bits per heavy atom. The molecule has 11 nitrogen and oxygen atoms in total. The molecular weight excluding hydrogens is 483 g/mol. The molecule has 2 aromatic rings. The summed E-state index contributed by atoms with van der Waals surface area (Å²) < 4.78 is 7.41. The zero-order valence-corrected chi connectivity index (χ0v) is 19.1. The average molecular weight is 508 g/mol. The molecule has 1 saturated heterocycles. The Hall–Kier alpha value is -1.12. The number of carbonyl (C=O) groups is 1. The number of halogens is 3. The molecule has 1 aliphatic rings. The van der Waals surface area contributed by atoms with E-state index in [-0.39, 0.29) is 53.9 Å². The summed E-state index contributed by atoms with van der Waals surface area (Å²) in [7, 11) is -0.235. The molecule has 6 atom stereocenters. The monoisotopic (exact) mass is 506 g/mol. The number of rotatable bonds is 7.